The third kappa shape index (κ3) is 2.57. The first kappa shape index (κ1) is 11.5. The summed E-state index contributed by atoms with van der Waals surface area (Å²) in [5, 5.41) is 8.96. The molecule has 1 aliphatic heterocycles. The van der Waals surface area contributed by atoms with Crippen molar-refractivity contribution in [1.29, 1.82) is 0 Å². The molecule has 0 unspecified atom stereocenters. The fourth-order valence-corrected chi connectivity index (χ4v) is 2.44. The van der Waals surface area contributed by atoms with Crippen molar-refractivity contribution in [2.75, 3.05) is 26.2 Å². The summed E-state index contributed by atoms with van der Waals surface area (Å²) >= 11 is 0. The van der Waals surface area contributed by atoms with Crippen molar-refractivity contribution in [3.8, 4) is 0 Å². The van der Waals surface area contributed by atoms with E-state index < -0.39 is 0 Å². The van der Waals surface area contributed by atoms with Crippen LogP contribution in [0.5, 0.6) is 0 Å². The van der Waals surface area contributed by atoms with Crippen LogP contribution < -0.4 is 0 Å². The third-order valence-electron chi connectivity index (χ3n) is 3.23. The zero-order valence-electron chi connectivity index (χ0n) is 9.76. The fraction of sp³-hybridized carbons (Fsp3) is 0.667. The molecule has 1 aromatic heterocycles. The van der Waals surface area contributed by atoms with Gasteiger partial charge in [0.25, 0.3) is 0 Å². The highest BCUT2D eigenvalue weighted by atomic mass is 16.3. The van der Waals surface area contributed by atoms with Crippen LogP contribution in [0, 0.1) is 6.92 Å². The molecule has 1 fully saturated rings. The molecule has 2 heterocycles. The molecule has 0 amide bonds. The molecule has 1 aliphatic rings. The summed E-state index contributed by atoms with van der Waals surface area (Å²) in [6.45, 7) is 5.13. The van der Waals surface area contributed by atoms with Gasteiger partial charge in [0.05, 0.1) is 18.0 Å². The Morgan fingerprint density at radius 2 is 2.25 bits per heavy atom. The van der Waals surface area contributed by atoms with E-state index in [2.05, 4.69) is 14.9 Å². The summed E-state index contributed by atoms with van der Waals surface area (Å²) < 4.78 is 0. The van der Waals surface area contributed by atoms with Crippen LogP contribution in [0.2, 0.25) is 0 Å². The first-order valence-corrected chi connectivity index (χ1v) is 5.92. The summed E-state index contributed by atoms with van der Waals surface area (Å²) in [4.78, 5) is 11.0. The summed E-state index contributed by atoms with van der Waals surface area (Å²) in [6, 6.07) is 0. The van der Waals surface area contributed by atoms with Crippen LogP contribution in [-0.4, -0.2) is 46.2 Å². The van der Waals surface area contributed by atoms with Gasteiger partial charge in [-0.15, -0.1) is 0 Å². The van der Waals surface area contributed by atoms with Gasteiger partial charge in [0.15, 0.2) is 0 Å². The van der Waals surface area contributed by atoms with Gasteiger partial charge in [-0.25, -0.2) is 0 Å². The maximum atomic E-state index is 8.96. The number of rotatable bonds is 3. The van der Waals surface area contributed by atoms with Crippen LogP contribution in [0.25, 0.3) is 0 Å². The van der Waals surface area contributed by atoms with Crippen LogP contribution in [-0.2, 0) is 0 Å². The summed E-state index contributed by atoms with van der Waals surface area (Å²) in [5.74, 6) is 0.481. The van der Waals surface area contributed by atoms with E-state index >= 15 is 0 Å². The lowest BCUT2D eigenvalue weighted by atomic mass is 9.93. The van der Waals surface area contributed by atoms with Crippen molar-refractivity contribution in [1.82, 2.24) is 14.9 Å². The van der Waals surface area contributed by atoms with E-state index in [9.17, 15) is 0 Å². The highest BCUT2D eigenvalue weighted by Gasteiger charge is 2.23. The summed E-state index contributed by atoms with van der Waals surface area (Å²) in [7, 11) is 0. The topological polar surface area (TPSA) is 49.2 Å². The Balaban J connectivity index is 2.07. The molecule has 16 heavy (non-hydrogen) atoms. The van der Waals surface area contributed by atoms with E-state index in [1.54, 1.807) is 12.4 Å². The van der Waals surface area contributed by atoms with Crippen molar-refractivity contribution < 1.29 is 5.11 Å². The second-order valence-corrected chi connectivity index (χ2v) is 4.39. The van der Waals surface area contributed by atoms with Gasteiger partial charge in [-0.1, -0.05) is 0 Å². The molecule has 1 saturated heterocycles. The minimum atomic E-state index is 0.242. The van der Waals surface area contributed by atoms with Gasteiger partial charge in [0.1, 0.15) is 0 Å². The van der Waals surface area contributed by atoms with Crippen molar-refractivity contribution in [2.45, 2.75) is 25.7 Å². The number of hydrogen-bond donors (Lipinski definition) is 1. The summed E-state index contributed by atoms with van der Waals surface area (Å²) in [5.41, 5.74) is 2.17. The Bertz CT molecular complexity index is 341. The first-order chi connectivity index (χ1) is 7.81. The Morgan fingerprint density at radius 3 is 3.00 bits per heavy atom. The van der Waals surface area contributed by atoms with Gasteiger partial charge >= 0.3 is 0 Å². The molecule has 1 atom stereocenters. The van der Waals surface area contributed by atoms with Gasteiger partial charge in [-0.05, 0) is 26.3 Å². The van der Waals surface area contributed by atoms with Crippen molar-refractivity contribution in [3.05, 3.63) is 23.8 Å². The van der Waals surface area contributed by atoms with Crippen LogP contribution in [0.4, 0.5) is 0 Å². The molecular formula is C12H19N3O. The normalized spacial score (nSPS) is 22.2. The number of hydrogen-bond acceptors (Lipinski definition) is 4. The van der Waals surface area contributed by atoms with Crippen molar-refractivity contribution in [2.24, 2.45) is 0 Å². The van der Waals surface area contributed by atoms with Crippen LogP contribution in [0.3, 0.4) is 0 Å². The average Bonchev–Trinajstić information content (AvgIpc) is 2.30. The number of β-amino-alcohol motifs (C(OH)–C–C–N with tert-alkyl or cyclic N) is 1. The Kier molecular flexibility index (Phi) is 3.85. The van der Waals surface area contributed by atoms with E-state index in [1.165, 1.54) is 12.8 Å². The zero-order valence-corrected chi connectivity index (χ0v) is 9.76. The molecule has 0 saturated carbocycles. The standard InChI is InChI=1S/C12H19N3O/c1-10-12(14-5-4-13-10)11-3-2-6-15(9-11)7-8-16/h4-5,11,16H,2-3,6-9H2,1H3/t11-/m1/s1. The average molecular weight is 221 g/mol. The molecule has 0 aliphatic carbocycles. The highest BCUT2D eigenvalue weighted by Crippen LogP contribution is 2.26. The number of aliphatic hydroxyl groups is 1. The predicted octanol–water partition coefficient (Wildman–Crippen LogP) is 0.957. The van der Waals surface area contributed by atoms with E-state index in [-0.39, 0.29) is 6.61 Å². The van der Waals surface area contributed by atoms with E-state index in [4.69, 9.17) is 5.11 Å². The monoisotopic (exact) mass is 221 g/mol. The zero-order chi connectivity index (χ0) is 11.4. The fourth-order valence-electron chi connectivity index (χ4n) is 2.44. The number of likely N-dealkylation sites (tertiary alicyclic amines) is 1. The third-order valence-corrected chi connectivity index (χ3v) is 3.23. The van der Waals surface area contributed by atoms with Crippen molar-refractivity contribution in [3.63, 3.8) is 0 Å². The van der Waals surface area contributed by atoms with Crippen LogP contribution in [0.1, 0.15) is 30.1 Å². The first-order valence-electron chi connectivity index (χ1n) is 5.92. The molecule has 88 valence electrons. The van der Waals surface area contributed by atoms with Crippen LogP contribution in [0.15, 0.2) is 12.4 Å². The molecule has 0 radical (unpaired) electrons. The molecule has 1 aromatic rings. The van der Waals surface area contributed by atoms with E-state index in [1.807, 2.05) is 6.92 Å². The molecule has 0 spiro atoms. The van der Waals surface area contributed by atoms with Gasteiger partial charge in [-0.3, -0.25) is 9.97 Å². The number of aryl methyl sites for hydroxylation is 1. The largest absolute Gasteiger partial charge is 0.395 e. The summed E-state index contributed by atoms with van der Waals surface area (Å²) in [6.07, 6.45) is 5.88. The smallest absolute Gasteiger partial charge is 0.0659 e. The van der Waals surface area contributed by atoms with Gasteiger partial charge in [-0.2, -0.15) is 0 Å². The Morgan fingerprint density at radius 1 is 1.44 bits per heavy atom. The molecule has 4 heteroatoms. The van der Waals surface area contributed by atoms with E-state index in [0.717, 1.165) is 31.0 Å². The lowest BCUT2D eigenvalue weighted by Gasteiger charge is -2.32. The van der Waals surface area contributed by atoms with Gasteiger partial charge < -0.3 is 10.0 Å². The number of piperidine rings is 1. The van der Waals surface area contributed by atoms with Gasteiger partial charge in [0, 0.05) is 31.4 Å². The number of aromatic nitrogens is 2. The predicted molar refractivity (Wildman–Crippen MR) is 62.3 cm³/mol. The molecule has 2 rings (SSSR count). The number of aliphatic hydroxyl groups excluding tert-OH is 1. The maximum Gasteiger partial charge on any atom is 0.0659 e. The molecule has 0 bridgehead atoms. The van der Waals surface area contributed by atoms with E-state index in [0.29, 0.717) is 5.92 Å². The minimum absolute atomic E-state index is 0.242. The molecule has 0 aromatic carbocycles. The highest BCUT2D eigenvalue weighted by molar-refractivity contribution is 5.15. The lowest BCUT2D eigenvalue weighted by Crippen LogP contribution is -2.36. The molecule has 1 N–H and O–H groups in total. The molecular weight excluding hydrogens is 202 g/mol. The lowest BCUT2D eigenvalue weighted by molar-refractivity contribution is 0.160. The van der Waals surface area contributed by atoms with Crippen molar-refractivity contribution >= 4 is 0 Å². The Hall–Kier alpha value is -1.00. The maximum absolute atomic E-state index is 8.96. The second kappa shape index (κ2) is 5.37. The Labute approximate surface area is 96.3 Å². The van der Waals surface area contributed by atoms with Gasteiger partial charge in [0.2, 0.25) is 0 Å². The minimum Gasteiger partial charge on any atom is -0.395 e. The second-order valence-electron chi connectivity index (χ2n) is 4.39. The quantitative estimate of drug-likeness (QED) is 0.826. The van der Waals surface area contributed by atoms with Crippen LogP contribution >= 0.6 is 0 Å². The molecule has 4 nitrogen and oxygen atoms in total. The SMILES string of the molecule is Cc1nccnc1[C@@H]1CCCN(CCO)C1. The number of nitrogens with zero attached hydrogens (tertiary/aromatic N) is 3.